The highest BCUT2D eigenvalue weighted by molar-refractivity contribution is 5.76. The van der Waals surface area contributed by atoms with Crippen molar-refractivity contribution in [1.82, 2.24) is 19.9 Å². The number of H-pyrrole nitrogens is 4. The predicted molar refractivity (Wildman–Crippen MR) is 109 cm³/mol. The highest BCUT2D eigenvalue weighted by atomic mass is 16.2. The van der Waals surface area contributed by atoms with Gasteiger partial charge in [-0.1, -0.05) is 0 Å². The number of aryl methyl sites for hydroxylation is 4. The fourth-order valence-corrected chi connectivity index (χ4v) is 2.76. The Morgan fingerprint density at radius 1 is 0.429 bits per heavy atom. The zero-order chi connectivity index (χ0) is 20.6. The highest BCUT2D eigenvalue weighted by Gasteiger charge is 2.02. The van der Waals surface area contributed by atoms with Crippen molar-refractivity contribution < 1.29 is 0 Å². The maximum absolute atomic E-state index is 11.0. The molecule has 4 rings (SSSR count). The van der Waals surface area contributed by atoms with Gasteiger partial charge in [-0.15, -0.1) is 0 Å². The molecule has 0 atom stereocenters. The van der Waals surface area contributed by atoms with E-state index >= 15 is 0 Å². The normalized spacial score (nSPS) is 10.7. The molecule has 0 spiro atoms. The van der Waals surface area contributed by atoms with Crippen molar-refractivity contribution in [3.05, 3.63) is 87.9 Å². The molecule has 8 heteroatoms. The second-order valence-electron chi connectivity index (χ2n) is 6.78. The lowest BCUT2D eigenvalue weighted by Crippen LogP contribution is -2.28. The van der Waals surface area contributed by atoms with Crippen LogP contribution in [0.4, 0.5) is 0 Å². The molecule has 0 bridgehead atoms. The van der Waals surface area contributed by atoms with E-state index < -0.39 is 22.2 Å². The molecule has 2 heterocycles. The van der Waals surface area contributed by atoms with Gasteiger partial charge in [-0.25, -0.2) is 0 Å². The highest BCUT2D eigenvalue weighted by Crippen LogP contribution is 2.14. The van der Waals surface area contributed by atoms with Crippen molar-refractivity contribution in [2.75, 3.05) is 0 Å². The summed E-state index contributed by atoms with van der Waals surface area (Å²) in [6.45, 7) is 7.83. The summed E-state index contributed by atoms with van der Waals surface area (Å²) in [6, 6.07) is 7.40. The lowest BCUT2D eigenvalue weighted by Gasteiger charge is -2.02. The summed E-state index contributed by atoms with van der Waals surface area (Å²) in [4.78, 5) is 54.2. The predicted octanol–water partition coefficient (Wildman–Crippen LogP) is 1.67. The van der Waals surface area contributed by atoms with E-state index in [0.29, 0.717) is 22.1 Å². The Morgan fingerprint density at radius 3 is 0.786 bits per heavy atom. The maximum Gasteiger partial charge on any atom is 0.314 e. The first kappa shape index (κ1) is 19.1. The number of hydrogen-bond donors (Lipinski definition) is 4. The molecule has 0 unspecified atom stereocenters. The number of hydrogen-bond acceptors (Lipinski definition) is 4. The third-order valence-corrected chi connectivity index (χ3v) is 4.67. The summed E-state index contributed by atoms with van der Waals surface area (Å²) in [6.07, 6.45) is 0. The fraction of sp³-hybridized carbons (Fsp3) is 0.200. The van der Waals surface area contributed by atoms with Crippen LogP contribution in [-0.4, -0.2) is 19.9 Å². The third-order valence-electron chi connectivity index (χ3n) is 4.67. The van der Waals surface area contributed by atoms with Gasteiger partial charge in [-0.05, 0) is 74.2 Å². The standard InChI is InChI=1S/2C10H10N2O2/c2*1-5-3-7-8(4-6(5)2)12-10(14)9(13)11-7/h2*3-4H,1-2H3,(H,11,13)(H,12,14). The molecule has 0 saturated carbocycles. The van der Waals surface area contributed by atoms with Crippen LogP contribution in [0.1, 0.15) is 22.3 Å². The average Bonchev–Trinajstić information content (AvgIpc) is 2.62. The quantitative estimate of drug-likeness (QED) is 0.346. The molecule has 4 aromatic rings. The molecule has 8 nitrogen and oxygen atoms in total. The minimum absolute atomic E-state index is 0.610. The van der Waals surface area contributed by atoms with Gasteiger partial charge in [-0.3, -0.25) is 19.2 Å². The molecule has 2 aromatic carbocycles. The molecule has 0 aliphatic rings. The molecule has 0 saturated heterocycles. The van der Waals surface area contributed by atoms with E-state index in [4.69, 9.17) is 0 Å². The van der Waals surface area contributed by atoms with Crippen LogP contribution in [0.25, 0.3) is 22.1 Å². The van der Waals surface area contributed by atoms with Gasteiger partial charge in [0.1, 0.15) is 0 Å². The summed E-state index contributed by atoms with van der Waals surface area (Å²) >= 11 is 0. The Bertz CT molecular complexity index is 1220. The van der Waals surface area contributed by atoms with Crippen LogP contribution in [0.15, 0.2) is 43.4 Å². The summed E-state index contributed by atoms with van der Waals surface area (Å²) in [5.41, 5.74) is 4.55. The van der Waals surface area contributed by atoms with Crippen LogP contribution in [0.2, 0.25) is 0 Å². The van der Waals surface area contributed by atoms with Crippen molar-refractivity contribution in [3.8, 4) is 0 Å². The lowest BCUT2D eigenvalue weighted by molar-refractivity contribution is 1.14. The minimum Gasteiger partial charge on any atom is -0.316 e. The second-order valence-corrected chi connectivity index (χ2v) is 6.78. The van der Waals surface area contributed by atoms with Crippen LogP contribution in [-0.2, 0) is 0 Å². The zero-order valence-electron chi connectivity index (χ0n) is 15.9. The van der Waals surface area contributed by atoms with Gasteiger partial charge in [0.2, 0.25) is 0 Å². The molecular formula is C20H20N4O4. The summed E-state index contributed by atoms with van der Waals surface area (Å²) < 4.78 is 0. The van der Waals surface area contributed by atoms with E-state index in [2.05, 4.69) is 19.9 Å². The van der Waals surface area contributed by atoms with Gasteiger partial charge < -0.3 is 19.9 Å². The lowest BCUT2D eigenvalue weighted by atomic mass is 10.1. The molecule has 0 amide bonds. The number of aromatic amines is 4. The Morgan fingerprint density at radius 2 is 0.607 bits per heavy atom. The summed E-state index contributed by atoms with van der Waals surface area (Å²) in [5.74, 6) is 0. The smallest absolute Gasteiger partial charge is 0.314 e. The molecule has 28 heavy (non-hydrogen) atoms. The average molecular weight is 380 g/mol. The van der Waals surface area contributed by atoms with Crippen molar-refractivity contribution in [3.63, 3.8) is 0 Å². The number of aromatic nitrogens is 4. The van der Waals surface area contributed by atoms with Gasteiger partial charge in [-0.2, -0.15) is 0 Å². The Balaban J connectivity index is 0.000000161. The number of benzene rings is 2. The Kier molecular flexibility index (Phi) is 4.87. The molecule has 2 aromatic heterocycles. The first-order valence-electron chi connectivity index (χ1n) is 8.63. The van der Waals surface area contributed by atoms with Gasteiger partial charge in [0.25, 0.3) is 0 Å². The van der Waals surface area contributed by atoms with Gasteiger partial charge >= 0.3 is 22.2 Å². The van der Waals surface area contributed by atoms with Gasteiger partial charge in [0.05, 0.1) is 22.1 Å². The van der Waals surface area contributed by atoms with Gasteiger partial charge in [0, 0.05) is 0 Å². The van der Waals surface area contributed by atoms with Crippen molar-refractivity contribution in [2.24, 2.45) is 0 Å². The van der Waals surface area contributed by atoms with E-state index in [-0.39, 0.29) is 0 Å². The number of nitrogens with one attached hydrogen (secondary N) is 4. The van der Waals surface area contributed by atoms with Crippen molar-refractivity contribution in [2.45, 2.75) is 27.7 Å². The van der Waals surface area contributed by atoms with Crippen LogP contribution < -0.4 is 22.2 Å². The van der Waals surface area contributed by atoms with Crippen LogP contribution in [0.5, 0.6) is 0 Å². The van der Waals surface area contributed by atoms with Crippen molar-refractivity contribution in [1.29, 1.82) is 0 Å². The Hall–Kier alpha value is -3.68. The minimum atomic E-state index is -0.610. The van der Waals surface area contributed by atoms with E-state index in [1.165, 1.54) is 0 Å². The van der Waals surface area contributed by atoms with Crippen LogP contribution in [0, 0.1) is 27.7 Å². The third kappa shape index (κ3) is 3.71. The van der Waals surface area contributed by atoms with E-state index in [9.17, 15) is 19.2 Å². The SMILES string of the molecule is Cc1cc2[nH]c(=O)c(=O)[nH]c2cc1C.Cc1cc2[nH]c(=O)c(=O)[nH]c2cc1C. The number of fused-ring (bicyclic) bond motifs is 2. The van der Waals surface area contributed by atoms with E-state index in [1.54, 1.807) is 0 Å². The molecule has 0 aliphatic heterocycles. The monoisotopic (exact) mass is 380 g/mol. The maximum atomic E-state index is 11.0. The molecule has 0 fully saturated rings. The largest absolute Gasteiger partial charge is 0.316 e. The van der Waals surface area contributed by atoms with Crippen LogP contribution >= 0.6 is 0 Å². The molecule has 0 radical (unpaired) electrons. The molecule has 144 valence electrons. The number of rotatable bonds is 0. The summed E-state index contributed by atoms with van der Waals surface area (Å²) in [5, 5.41) is 0. The fourth-order valence-electron chi connectivity index (χ4n) is 2.76. The van der Waals surface area contributed by atoms with E-state index in [1.807, 2.05) is 52.0 Å². The summed E-state index contributed by atoms with van der Waals surface area (Å²) in [7, 11) is 0. The van der Waals surface area contributed by atoms with E-state index in [0.717, 1.165) is 22.3 Å². The first-order valence-corrected chi connectivity index (χ1v) is 8.63. The Labute approximate surface area is 158 Å². The van der Waals surface area contributed by atoms with Crippen LogP contribution in [0.3, 0.4) is 0 Å². The first-order chi connectivity index (χ1) is 13.2. The molecule has 0 aliphatic carbocycles. The molecule has 4 N–H and O–H groups in total. The zero-order valence-corrected chi connectivity index (χ0v) is 15.9. The molecular weight excluding hydrogens is 360 g/mol. The topological polar surface area (TPSA) is 131 Å². The second kappa shape index (κ2) is 7.15. The van der Waals surface area contributed by atoms with Gasteiger partial charge in [0.15, 0.2) is 0 Å². The van der Waals surface area contributed by atoms with Crippen molar-refractivity contribution >= 4 is 22.1 Å².